The molecular formula is C18H24ClN3O3. The molecule has 25 heavy (non-hydrogen) atoms. The van der Waals surface area contributed by atoms with E-state index in [1.54, 1.807) is 7.05 Å². The van der Waals surface area contributed by atoms with Gasteiger partial charge in [-0.2, -0.15) is 5.10 Å². The summed E-state index contributed by atoms with van der Waals surface area (Å²) in [5, 5.41) is 16.8. The summed E-state index contributed by atoms with van der Waals surface area (Å²) in [7, 11) is 1.63. The van der Waals surface area contributed by atoms with Crippen LogP contribution in [0.2, 0.25) is 5.02 Å². The molecule has 1 aromatic heterocycles. The minimum atomic E-state index is -0.835. The van der Waals surface area contributed by atoms with Crippen LogP contribution in [0.15, 0.2) is 30.5 Å². The number of halogens is 1. The summed E-state index contributed by atoms with van der Waals surface area (Å²) in [6.07, 6.45) is 0.565. The van der Waals surface area contributed by atoms with Gasteiger partial charge in [-0.1, -0.05) is 44.5 Å². The predicted molar refractivity (Wildman–Crippen MR) is 97.2 cm³/mol. The molecular weight excluding hydrogens is 342 g/mol. The number of ether oxygens (including phenoxy) is 1. The van der Waals surface area contributed by atoms with Crippen molar-refractivity contribution in [1.29, 1.82) is 0 Å². The minimum Gasteiger partial charge on any atom is -0.491 e. The van der Waals surface area contributed by atoms with Crippen LogP contribution in [0.5, 0.6) is 5.75 Å². The van der Waals surface area contributed by atoms with Gasteiger partial charge in [0.1, 0.15) is 24.2 Å². The number of aryl methyl sites for hydroxylation is 1. The van der Waals surface area contributed by atoms with E-state index in [-0.39, 0.29) is 29.3 Å². The summed E-state index contributed by atoms with van der Waals surface area (Å²) in [5.74, 6) is 0.284. The highest BCUT2D eigenvalue weighted by Crippen LogP contribution is 2.24. The summed E-state index contributed by atoms with van der Waals surface area (Å²) in [6.45, 7) is 6.56. The topological polar surface area (TPSA) is 76.4 Å². The number of amides is 1. The van der Waals surface area contributed by atoms with Gasteiger partial charge >= 0.3 is 0 Å². The normalized spacial score (nSPS) is 12.7. The number of aliphatic hydroxyl groups excluding tert-OH is 1. The summed E-state index contributed by atoms with van der Waals surface area (Å²) >= 11 is 5.91. The molecule has 0 aliphatic rings. The Hall–Kier alpha value is -2.05. The van der Waals surface area contributed by atoms with Gasteiger partial charge in [0.05, 0.1) is 11.2 Å². The minimum absolute atomic E-state index is 0.0560. The van der Waals surface area contributed by atoms with Gasteiger partial charge < -0.3 is 15.2 Å². The maximum Gasteiger partial charge on any atom is 0.271 e. The molecule has 0 spiro atoms. The number of hydrogen-bond acceptors (Lipinski definition) is 4. The van der Waals surface area contributed by atoms with E-state index in [9.17, 15) is 9.90 Å². The highest BCUT2D eigenvalue weighted by atomic mass is 35.5. The van der Waals surface area contributed by atoms with Crippen molar-refractivity contribution in [3.63, 3.8) is 0 Å². The molecule has 2 N–H and O–H groups in total. The number of carbonyl (C=O) groups excluding carboxylic acids is 1. The number of hydrogen-bond donors (Lipinski definition) is 2. The Labute approximate surface area is 152 Å². The molecule has 0 aliphatic carbocycles. The van der Waals surface area contributed by atoms with Gasteiger partial charge in [-0.05, 0) is 23.1 Å². The first-order valence-electron chi connectivity index (χ1n) is 8.05. The quantitative estimate of drug-likeness (QED) is 0.824. The zero-order chi connectivity index (χ0) is 18.6. The van der Waals surface area contributed by atoms with Gasteiger partial charge in [0.15, 0.2) is 0 Å². The van der Waals surface area contributed by atoms with Crippen LogP contribution in [0.1, 0.15) is 36.8 Å². The van der Waals surface area contributed by atoms with Gasteiger partial charge in [0.25, 0.3) is 5.91 Å². The molecule has 2 aromatic rings. The lowest BCUT2D eigenvalue weighted by atomic mass is 9.87. The van der Waals surface area contributed by atoms with E-state index in [2.05, 4.69) is 31.2 Å². The molecule has 1 atom stereocenters. The molecule has 0 saturated carbocycles. The number of aliphatic hydroxyl groups is 1. The molecule has 1 heterocycles. The molecule has 1 aromatic carbocycles. The van der Waals surface area contributed by atoms with Crippen LogP contribution in [-0.4, -0.2) is 40.0 Å². The van der Waals surface area contributed by atoms with Crippen molar-refractivity contribution >= 4 is 17.5 Å². The third kappa shape index (κ3) is 5.21. The standard InChI is InChI=1S/C18H24ClN3O3/c1-18(2,3)12-5-7-14(8-6-12)25-11-13(23)9-20-17(24)16-15(19)10-21-22(16)4/h5-8,10,13,23H,9,11H2,1-4H3,(H,20,24). The van der Waals surface area contributed by atoms with E-state index in [4.69, 9.17) is 16.3 Å². The third-order valence-electron chi connectivity index (χ3n) is 3.77. The lowest BCUT2D eigenvalue weighted by Crippen LogP contribution is -2.36. The lowest BCUT2D eigenvalue weighted by molar-refractivity contribution is 0.0836. The van der Waals surface area contributed by atoms with E-state index in [1.165, 1.54) is 16.4 Å². The number of benzene rings is 1. The largest absolute Gasteiger partial charge is 0.491 e. The van der Waals surface area contributed by atoms with E-state index in [0.717, 1.165) is 0 Å². The van der Waals surface area contributed by atoms with Crippen molar-refractivity contribution < 1.29 is 14.6 Å². The number of nitrogens with one attached hydrogen (secondary N) is 1. The SMILES string of the molecule is Cn1ncc(Cl)c1C(=O)NCC(O)COc1ccc(C(C)(C)C)cc1. The highest BCUT2D eigenvalue weighted by Gasteiger charge is 2.17. The Kier molecular flexibility index (Phi) is 6.08. The van der Waals surface area contributed by atoms with Crippen LogP contribution in [0.25, 0.3) is 0 Å². The fraction of sp³-hybridized carbons (Fsp3) is 0.444. The van der Waals surface area contributed by atoms with Gasteiger partial charge in [0, 0.05) is 13.6 Å². The van der Waals surface area contributed by atoms with Crippen molar-refractivity contribution in [2.45, 2.75) is 32.3 Å². The molecule has 0 saturated heterocycles. The molecule has 0 radical (unpaired) electrons. The Morgan fingerprint density at radius 1 is 1.36 bits per heavy atom. The molecule has 7 heteroatoms. The molecule has 136 valence electrons. The molecule has 1 unspecified atom stereocenters. The number of nitrogens with zero attached hydrogens (tertiary/aromatic N) is 2. The summed E-state index contributed by atoms with van der Waals surface area (Å²) in [4.78, 5) is 12.0. The van der Waals surface area contributed by atoms with Crippen molar-refractivity contribution in [2.24, 2.45) is 7.05 Å². The molecule has 0 fully saturated rings. The van der Waals surface area contributed by atoms with Gasteiger partial charge in [-0.15, -0.1) is 0 Å². The Bertz CT molecular complexity index is 701. The van der Waals surface area contributed by atoms with Gasteiger partial charge in [0.2, 0.25) is 0 Å². The second kappa shape index (κ2) is 7.89. The molecule has 1 amide bonds. The van der Waals surface area contributed by atoms with Crippen LogP contribution in [-0.2, 0) is 12.5 Å². The average Bonchev–Trinajstić information content (AvgIpc) is 2.89. The highest BCUT2D eigenvalue weighted by molar-refractivity contribution is 6.33. The second-order valence-electron chi connectivity index (χ2n) is 6.91. The molecule has 0 aliphatic heterocycles. The molecule has 0 bridgehead atoms. The van der Waals surface area contributed by atoms with Crippen LogP contribution in [0.4, 0.5) is 0 Å². The van der Waals surface area contributed by atoms with Crippen LogP contribution in [0.3, 0.4) is 0 Å². The van der Waals surface area contributed by atoms with Gasteiger partial charge in [-0.3, -0.25) is 9.48 Å². The summed E-state index contributed by atoms with van der Waals surface area (Å²) < 4.78 is 6.95. The average molecular weight is 366 g/mol. The summed E-state index contributed by atoms with van der Waals surface area (Å²) in [5.41, 5.74) is 1.54. The van der Waals surface area contributed by atoms with Crippen LogP contribution in [0, 0.1) is 0 Å². The Morgan fingerprint density at radius 3 is 2.52 bits per heavy atom. The number of rotatable bonds is 6. The van der Waals surface area contributed by atoms with Gasteiger partial charge in [-0.25, -0.2) is 0 Å². The zero-order valence-electron chi connectivity index (χ0n) is 14.9. The molecule has 2 rings (SSSR count). The van der Waals surface area contributed by atoms with Crippen LogP contribution < -0.4 is 10.1 Å². The van der Waals surface area contributed by atoms with E-state index in [1.807, 2.05) is 24.3 Å². The fourth-order valence-electron chi connectivity index (χ4n) is 2.26. The number of aromatic nitrogens is 2. The first-order chi connectivity index (χ1) is 11.7. The first-order valence-corrected chi connectivity index (χ1v) is 8.43. The van der Waals surface area contributed by atoms with Crippen molar-refractivity contribution in [3.05, 3.63) is 46.7 Å². The van der Waals surface area contributed by atoms with E-state index < -0.39 is 12.0 Å². The van der Waals surface area contributed by atoms with Crippen molar-refractivity contribution in [3.8, 4) is 5.75 Å². The monoisotopic (exact) mass is 365 g/mol. The maximum atomic E-state index is 12.0. The third-order valence-corrected chi connectivity index (χ3v) is 4.05. The first kappa shape index (κ1) is 19.3. The van der Waals surface area contributed by atoms with Crippen molar-refractivity contribution in [1.82, 2.24) is 15.1 Å². The van der Waals surface area contributed by atoms with Crippen molar-refractivity contribution in [2.75, 3.05) is 13.2 Å². The Morgan fingerprint density at radius 2 is 2.00 bits per heavy atom. The fourth-order valence-corrected chi connectivity index (χ4v) is 2.51. The lowest BCUT2D eigenvalue weighted by Gasteiger charge is -2.19. The van der Waals surface area contributed by atoms with E-state index >= 15 is 0 Å². The Balaban J connectivity index is 1.81. The smallest absolute Gasteiger partial charge is 0.271 e. The predicted octanol–water partition coefficient (Wildman–Crippen LogP) is 2.54. The molecule has 6 nitrogen and oxygen atoms in total. The second-order valence-corrected chi connectivity index (χ2v) is 7.32. The van der Waals surface area contributed by atoms with Crippen LogP contribution >= 0.6 is 11.6 Å². The maximum absolute atomic E-state index is 12.0. The summed E-state index contributed by atoms with van der Waals surface area (Å²) in [6, 6.07) is 7.77. The zero-order valence-corrected chi connectivity index (χ0v) is 15.7. The van der Waals surface area contributed by atoms with E-state index in [0.29, 0.717) is 5.75 Å². The number of carbonyl (C=O) groups is 1.